The van der Waals surface area contributed by atoms with E-state index < -0.39 is 17.1 Å². The van der Waals surface area contributed by atoms with Crippen LogP contribution in [0.15, 0.2) is 15.7 Å². The summed E-state index contributed by atoms with van der Waals surface area (Å²) in [5, 5.41) is 0.101. The van der Waals surface area contributed by atoms with Crippen molar-refractivity contribution in [3.8, 4) is 16.2 Å². The van der Waals surface area contributed by atoms with Gasteiger partial charge in [0, 0.05) is 21.4 Å². The molecule has 3 N–H and O–H groups in total. The number of aromatic amines is 1. The third-order valence-electron chi connectivity index (χ3n) is 6.41. The van der Waals surface area contributed by atoms with E-state index in [4.69, 9.17) is 10.5 Å². The third kappa shape index (κ3) is 2.77. The van der Waals surface area contributed by atoms with Crippen LogP contribution in [0.25, 0.3) is 21.3 Å². The van der Waals surface area contributed by atoms with Crippen LogP contribution < -0.4 is 21.7 Å². The molecule has 0 aliphatic heterocycles. The number of aromatic nitrogens is 2. The summed E-state index contributed by atoms with van der Waals surface area (Å²) in [6.45, 7) is 2.36. The highest BCUT2D eigenvalue weighted by atomic mass is 32.1. The SMILES string of the molecule is COc1c(F)c(-c2cc3c(s2)CCCC3CN)c(C)c2c1c(=O)[nH]c(=O)n2C1CC1. The number of benzene rings is 1. The van der Waals surface area contributed by atoms with Crippen molar-refractivity contribution in [1.82, 2.24) is 9.55 Å². The average molecular weight is 430 g/mol. The Morgan fingerprint density at radius 1 is 1.33 bits per heavy atom. The standard InChI is InChI=1S/C22H24FN3O3S/c1-10-16(15-8-13-11(9-24)4-3-5-14(13)30-15)18(23)20(29-2)17-19(10)26(12-6-7-12)22(28)25-21(17)27/h8,11-12H,3-7,9,24H2,1-2H3,(H,25,27,28). The van der Waals surface area contributed by atoms with Crippen molar-refractivity contribution in [3.63, 3.8) is 0 Å². The van der Waals surface area contributed by atoms with Gasteiger partial charge in [-0.15, -0.1) is 11.3 Å². The number of nitrogens with two attached hydrogens (primary N) is 1. The number of ether oxygens (including phenoxy) is 1. The van der Waals surface area contributed by atoms with Crippen LogP contribution in [0.4, 0.5) is 4.39 Å². The summed E-state index contributed by atoms with van der Waals surface area (Å²) in [7, 11) is 1.35. The van der Waals surface area contributed by atoms with Gasteiger partial charge in [-0.05, 0) is 68.7 Å². The van der Waals surface area contributed by atoms with E-state index in [2.05, 4.69) is 4.98 Å². The van der Waals surface area contributed by atoms with Crippen molar-refractivity contribution in [3.05, 3.63) is 48.7 Å². The fraction of sp³-hybridized carbons (Fsp3) is 0.455. The van der Waals surface area contributed by atoms with Gasteiger partial charge in [-0.3, -0.25) is 14.3 Å². The van der Waals surface area contributed by atoms with Gasteiger partial charge >= 0.3 is 5.69 Å². The van der Waals surface area contributed by atoms with Crippen molar-refractivity contribution in [2.75, 3.05) is 13.7 Å². The zero-order valence-corrected chi connectivity index (χ0v) is 17.8. The minimum absolute atomic E-state index is 0.0247. The maximum Gasteiger partial charge on any atom is 0.329 e. The molecule has 3 aromatic rings. The zero-order valence-electron chi connectivity index (χ0n) is 17.0. The lowest BCUT2D eigenvalue weighted by atomic mass is 9.87. The molecule has 8 heteroatoms. The van der Waals surface area contributed by atoms with Crippen molar-refractivity contribution >= 4 is 22.2 Å². The quantitative estimate of drug-likeness (QED) is 0.663. The van der Waals surface area contributed by atoms with E-state index >= 15 is 4.39 Å². The van der Waals surface area contributed by atoms with Crippen LogP contribution >= 0.6 is 11.3 Å². The lowest BCUT2D eigenvalue weighted by molar-refractivity contribution is 0.392. The molecule has 5 rings (SSSR count). The summed E-state index contributed by atoms with van der Waals surface area (Å²) in [6, 6.07) is 2.07. The lowest BCUT2D eigenvalue weighted by Gasteiger charge is -2.20. The predicted molar refractivity (Wildman–Crippen MR) is 116 cm³/mol. The minimum Gasteiger partial charge on any atom is -0.493 e. The first-order chi connectivity index (χ1) is 14.5. The molecule has 0 radical (unpaired) electrons. The molecular formula is C22H24FN3O3S. The Balaban J connectivity index is 1.86. The summed E-state index contributed by atoms with van der Waals surface area (Å²) < 4.78 is 22.7. The maximum atomic E-state index is 15.7. The molecule has 2 heterocycles. The number of halogens is 1. The molecular weight excluding hydrogens is 405 g/mol. The number of fused-ring (bicyclic) bond motifs is 2. The molecule has 2 aromatic heterocycles. The molecule has 0 saturated heterocycles. The fourth-order valence-corrected chi connectivity index (χ4v) is 6.20. The molecule has 158 valence electrons. The number of nitrogens with one attached hydrogen (secondary N) is 1. The Morgan fingerprint density at radius 3 is 2.77 bits per heavy atom. The van der Waals surface area contributed by atoms with Crippen LogP contribution in [-0.4, -0.2) is 23.2 Å². The number of aryl methyl sites for hydroxylation is 2. The maximum absolute atomic E-state index is 15.7. The first-order valence-corrected chi connectivity index (χ1v) is 11.2. The lowest BCUT2D eigenvalue weighted by Crippen LogP contribution is -2.31. The van der Waals surface area contributed by atoms with Gasteiger partial charge in [-0.2, -0.15) is 0 Å². The summed E-state index contributed by atoms with van der Waals surface area (Å²) in [5.41, 5.74) is 7.59. The second-order valence-corrected chi connectivity index (χ2v) is 9.38. The van der Waals surface area contributed by atoms with Crippen LogP contribution in [-0.2, 0) is 6.42 Å². The van der Waals surface area contributed by atoms with E-state index in [1.807, 2.05) is 6.07 Å². The topological polar surface area (TPSA) is 90.1 Å². The second-order valence-electron chi connectivity index (χ2n) is 8.25. The number of rotatable bonds is 4. The largest absolute Gasteiger partial charge is 0.493 e. The van der Waals surface area contributed by atoms with Crippen LogP contribution in [0.1, 0.15) is 53.6 Å². The molecule has 30 heavy (non-hydrogen) atoms. The number of thiophene rings is 1. The van der Waals surface area contributed by atoms with Gasteiger partial charge in [0.05, 0.1) is 12.6 Å². The summed E-state index contributed by atoms with van der Waals surface area (Å²) in [6.07, 6.45) is 4.81. The Hall–Kier alpha value is -2.45. The molecule has 2 aliphatic rings. The van der Waals surface area contributed by atoms with Gasteiger partial charge in [0.25, 0.3) is 5.56 Å². The van der Waals surface area contributed by atoms with Gasteiger partial charge in [0.15, 0.2) is 11.6 Å². The third-order valence-corrected chi connectivity index (χ3v) is 7.63. The summed E-state index contributed by atoms with van der Waals surface area (Å²) >= 11 is 1.58. The Morgan fingerprint density at radius 2 is 2.10 bits per heavy atom. The number of methoxy groups -OCH3 is 1. The smallest absolute Gasteiger partial charge is 0.329 e. The highest BCUT2D eigenvalue weighted by Gasteiger charge is 2.32. The Labute approximate surface area is 176 Å². The molecule has 2 aliphatic carbocycles. The molecule has 1 saturated carbocycles. The van der Waals surface area contributed by atoms with E-state index in [9.17, 15) is 9.59 Å². The van der Waals surface area contributed by atoms with Crippen molar-refractivity contribution in [2.24, 2.45) is 5.73 Å². The molecule has 1 atom stereocenters. The molecule has 1 unspecified atom stereocenters. The van der Waals surface area contributed by atoms with E-state index in [1.54, 1.807) is 22.8 Å². The van der Waals surface area contributed by atoms with Gasteiger partial charge in [-0.1, -0.05) is 0 Å². The highest BCUT2D eigenvalue weighted by molar-refractivity contribution is 7.15. The van der Waals surface area contributed by atoms with E-state index in [-0.39, 0.29) is 23.1 Å². The first kappa shape index (κ1) is 19.5. The normalized spacial score (nSPS) is 18.6. The van der Waals surface area contributed by atoms with Gasteiger partial charge in [0.1, 0.15) is 5.39 Å². The average Bonchev–Trinajstić information content (AvgIpc) is 3.46. The Bertz CT molecular complexity index is 1290. The van der Waals surface area contributed by atoms with Gasteiger partial charge < -0.3 is 10.5 Å². The van der Waals surface area contributed by atoms with Gasteiger partial charge in [0.2, 0.25) is 0 Å². The van der Waals surface area contributed by atoms with E-state index in [1.165, 1.54) is 17.6 Å². The van der Waals surface area contributed by atoms with Crippen LogP contribution in [0.2, 0.25) is 0 Å². The summed E-state index contributed by atoms with van der Waals surface area (Å²) in [5.74, 6) is -0.378. The molecule has 1 aromatic carbocycles. The van der Waals surface area contributed by atoms with Crippen LogP contribution in [0.5, 0.6) is 5.75 Å². The van der Waals surface area contributed by atoms with Crippen LogP contribution in [0.3, 0.4) is 0 Å². The fourth-order valence-electron chi connectivity index (χ4n) is 4.82. The van der Waals surface area contributed by atoms with Crippen LogP contribution in [0, 0.1) is 12.7 Å². The highest BCUT2D eigenvalue weighted by Crippen LogP contribution is 2.46. The van der Waals surface area contributed by atoms with Gasteiger partial charge in [-0.25, -0.2) is 9.18 Å². The molecule has 1 fully saturated rings. The van der Waals surface area contributed by atoms with E-state index in [0.717, 1.165) is 37.0 Å². The van der Waals surface area contributed by atoms with Crippen molar-refractivity contribution < 1.29 is 9.13 Å². The predicted octanol–water partition coefficient (Wildman–Crippen LogP) is 3.59. The number of hydrogen-bond donors (Lipinski definition) is 2. The van der Waals surface area contributed by atoms with E-state index in [0.29, 0.717) is 23.2 Å². The molecule has 0 amide bonds. The summed E-state index contributed by atoms with van der Waals surface area (Å²) in [4.78, 5) is 29.6. The molecule has 6 nitrogen and oxygen atoms in total. The van der Waals surface area contributed by atoms with Crippen molar-refractivity contribution in [2.45, 2.75) is 51.0 Å². The molecule has 0 spiro atoms. The zero-order chi connectivity index (χ0) is 21.2. The molecule has 0 bridgehead atoms. The second kappa shape index (κ2) is 7.06. The number of hydrogen-bond acceptors (Lipinski definition) is 5. The Kier molecular flexibility index (Phi) is 4.59. The number of nitrogens with zero attached hydrogens (tertiary/aromatic N) is 1. The van der Waals surface area contributed by atoms with Crippen molar-refractivity contribution in [1.29, 1.82) is 0 Å². The monoisotopic (exact) mass is 429 g/mol. The number of H-pyrrole nitrogens is 1. The first-order valence-electron chi connectivity index (χ1n) is 10.3. The minimum atomic E-state index is -0.619.